The van der Waals surface area contributed by atoms with Gasteiger partial charge in [0.25, 0.3) is 0 Å². The van der Waals surface area contributed by atoms with E-state index < -0.39 is 0 Å². The minimum absolute atomic E-state index is 0.175. The SMILES string of the molecule is CCOc1ccc2c(c1C)O/C(=C\c1ccc(F)cc1)C2=O. The fourth-order valence-corrected chi connectivity index (χ4v) is 2.39. The van der Waals surface area contributed by atoms with Crippen molar-refractivity contribution in [2.45, 2.75) is 13.8 Å². The first-order valence-corrected chi connectivity index (χ1v) is 7.06. The number of fused-ring (bicyclic) bond motifs is 1. The molecule has 22 heavy (non-hydrogen) atoms. The summed E-state index contributed by atoms with van der Waals surface area (Å²) in [5.74, 6) is 0.978. The standard InChI is InChI=1S/C18H15FO3/c1-3-21-15-9-8-14-17(20)16(22-18(14)11(15)2)10-12-4-6-13(19)7-5-12/h4-10H,3H2,1-2H3/b16-10-. The van der Waals surface area contributed by atoms with Gasteiger partial charge in [0, 0.05) is 5.56 Å². The van der Waals surface area contributed by atoms with Gasteiger partial charge in [0.1, 0.15) is 17.3 Å². The van der Waals surface area contributed by atoms with E-state index in [2.05, 4.69) is 0 Å². The van der Waals surface area contributed by atoms with Gasteiger partial charge < -0.3 is 9.47 Å². The molecule has 0 amide bonds. The predicted molar refractivity (Wildman–Crippen MR) is 81.7 cm³/mol. The Bertz CT molecular complexity index is 761. The van der Waals surface area contributed by atoms with Crippen molar-refractivity contribution in [3.63, 3.8) is 0 Å². The van der Waals surface area contributed by atoms with Crippen LogP contribution in [0.5, 0.6) is 11.5 Å². The zero-order chi connectivity index (χ0) is 15.7. The van der Waals surface area contributed by atoms with Crippen LogP contribution in [0.2, 0.25) is 0 Å². The van der Waals surface area contributed by atoms with E-state index in [1.807, 2.05) is 13.8 Å². The third-order valence-electron chi connectivity index (χ3n) is 3.50. The quantitative estimate of drug-likeness (QED) is 0.799. The molecule has 1 heterocycles. The molecule has 0 bridgehead atoms. The van der Waals surface area contributed by atoms with Gasteiger partial charge in [-0.25, -0.2) is 4.39 Å². The van der Waals surface area contributed by atoms with E-state index in [0.717, 1.165) is 5.56 Å². The van der Waals surface area contributed by atoms with Crippen LogP contribution in [0.15, 0.2) is 42.2 Å². The van der Waals surface area contributed by atoms with E-state index in [1.165, 1.54) is 12.1 Å². The molecule has 2 aromatic carbocycles. The maximum Gasteiger partial charge on any atom is 0.231 e. The normalized spacial score (nSPS) is 14.9. The zero-order valence-electron chi connectivity index (χ0n) is 12.4. The summed E-state index contributed by atoms with van der Waals surface area (Å²) in [5.41, 5.74) is 2.03. The molecule has 3 nitrogen and oxygen atoms in total. The summed E-state index contributed by atoms with van der Waals surface area (Å²) in [6.07, 6.45) is 1.61. The Kier molecular flexibility index (Phi) is 3.67. The fourth-order valence-electron chi connectivity index (χ4n) is 2.39. The Hall–Kier alpha value is -2.62. The van der Waals surface area contributed by atoms with Crippen molar-refractivity contribution in [3.05, 3.63) is 64.7 Å². The molecule has 1 aliphatic heterocycles. The minimum Gasteiger partial charge on any atom is -0.493 e. The van der Waals surface area contributed by atoms with Gasteiger partial charge in [-0.3, -0.25) is 4.79 Å². The van der Waals surface area contributed by atoms with Gasteiger partial charge in [-0.15, -0.1) is 0 Å². The minimum atomic E-state index is -0.318. The predicted octanol–water partition coefficient (Wildman–Crippen LogP) is 4.15. The van der Waals surface area contributed by atoms with Gasteiger partial charge in [0.2, 0.25) is 5.78 Å². The summed E-state index contributed by atoms with van der Waals surface area (Å²) < 4.78 is 24.1. The summed E-state index contributed by atoms with van der Waals surface area (Å²) in [4.78, 5) is 12.4. The lowest BCUT2D eigenvalue weighted by Gasteiger charge is -2.09. The highest BCUT2D eigenvalue weighted by Gasteiger charge is 2.30. The molecule has 112 valence electrons. The molecule has 0 radical (unpaired) electrons. The summed E-state index contributed by atoms with van der Waals surface area (Å²) >= 11 is 0. The number of carbonyl (C=O) groups excluding carboxylic acids is 1. The van der Waals surface area contributed by atoms with Crippen LogP contribution in [-0.4, -0.2) is 12.4 Å². The summed E-state index contributed by atoms with van der Waals surface area (Å²) in [6, 6.07) is 9.37. The fraction of sp³-hybridized carbons (Fsp3) is 0.167. The van der Waals surface area contributed by atoms with Gasteiger partial charge in [-0.1, -0.05) is 12.1 Å². The molecule has 2 aromatic rings. The van der Waals surface area contributed by atoms with E-state index in [0.29, 0.717) is 29.2 Å². The van der Waals surface area contributed by atoms with Crippen LogP contribution >= 0.6 is 0 Å². The highest BCUT2D eigenvalue weighted by Crippen LogP contribution is 2.39. The molecular weight excluding hydrogens is 283 g/mol. The average Bonchev–Trinajstić information content (AvgIpc) is 2.82. The van der Waals surface area contributed by atoms with E-state index in [-0.39, 0.29) is 17.4 Å². The number of allylic oxidation sites excluding steroid dienone is 1. The third-order valence-corrected chi connectivity index (χ3v) is 3.50. The van der Waals surface area contributed by atoms with Crippen LogP contribution in [0, 0.1) is 12.7 Å². The molecule has 0 unspecified atom stereocenters. The first-order chi connectivity index (χ1) is 10.6. The molecule has 0 fully saturated rings. The highest BCUT2D eigenvalue weighted by molar-refractivity contribution is 6.14. The Labute approximate surface area is 128 Å². The second-order valence-corrected chi connectivity index (χ2v) is 4.99. The molecule has 0 aliphatic carbocycles. The van der Waals surface area contributed by atoms with Gasteiger partial charge in [-0.05, 0) is 49.8 Å². The van der Waals surface area contributed by atoms with Crippen molar-refractivity contribution in [1.82, 2.24) is 0 Å². The largest absolute Gasteiger partial charge is 0.493 e. The lowest BCUT2D eigenvalue weighted by Crippen LogP contribution is -1.98. The van der Waals surface area contributed by atoms with Gasteiger partial charge >= 0.3 is 0 Å². The molecular formula is C18H15FO3. The first kappa shape index (κ1) is 14.3. The lowest BCUT2D eigenvalue weighted by atomic mass is 10.1. The van der Waals surface area contributed by atoms with Crippen LogP contribution in [0.1, 0.15) is 28.4 Å². The Balaban J connectivity index is 1.97. The number of carbonyl (C=O) groups is 1. The average molecular weight is 298 g/mol. The zero-order valence-corrected chi connectivity index (χ0v) is 12.4. The number of rotatable bonds is 3. The highest BCUT2D eigenvalue weighted by atomic mass is 19.1. The van der Waals surface area contributed by atoms with E-state index in [4.69, 9.17) is 9.47 Å². The van der Waals surface area contributed by atoms with Crippen molar-refractivity contribution < 1.29 is 18.7 Å². The van der Waals surface area contributed by atoms with Crippen molar-refractivity contribution in [2.24, 2.45) is 0 Å². The maximum atomic E-state index is 12.9. The second kappa shape index (κ2) is 5.64. The molecule has 0 aromatic heterocycles. The molecule has 0 atom stereocenters. The van der Waals surface area contributed by atoms with Crippen LogP contribution in [0.4, 0.5) is 4.39 Å². The molecule has 4 heteroatoms. The number of benzene rings is 2. The van der Waals surface area contributed by atoms with Gasteiger partial charge in [0.15, 0.2) is 5.76 Å². The summed E-state index contributed by atoms with van der Waals surface area (Å²) in [6.45, 7) is 4.31. The number of ketones is 1. The summed E-state index contributed by atoms with van der Waals surface area (Å²) in [5, 5.41) is 0. The number of hydrogen-bond donors (Lipinski definition) is 0. The smallest absolute Gasteiger partial charge is 0.231 e. The van der Waals surface area contributed by atoms with E-state index in [9.17, 15) is 9.18 Å². The number of halogens is 1. The number of ether oxygens (including phenoxy) is 2. The molecule has 0 spiro atoms. The van der Waals surface area contributed by atoms with Crippen molar-refractivity contribution in [1.29, 1.82) is 0 Å². The van der Waals surface area contributed by atoms with Crippen molar-refractivity contribution in [2.75, 3.05) is 6.61 Å². The molecule has 0 N–H and O–H groups in total. The first-order valence-electron chi connectivity index (χ1n) is 7.06. The maximum absolute atomic E-state index is 12.9. The Morgan fingerprint density at radius 3 is 2.59 bits per heavy atom. The topological polar surface area (TPSA) is 35.5 Å². The van der Waals surface area contributed by atoms with E-state index >= 15 is 0 Å². The molecule has 0 saturated carbocycles. The van der Waals surface area contributed by atoms with Crippen LogP contribution in [0.25, 0.3) is 6.08 Å². The summed E-state index contributed by atoms with van der Waals surface area (Å²) in [7, 11) is 0. The Morgan fingerprint density at radius 1 is 1.18 bits per heavy atom. The van der Waals surface area contributed by atoms with Gasteiger partial charge in [-0.2, -0.15) is 0 Å². The third kappa shape index (κ3) is 2.48. The molecule has 0 saturated heterocycles. The van der Waals surface area contributed by atoms with Crippen LogP contribution < -0.4 is 9.47 Å². The molecule has 3 rings (SSSR count). The van der Waals surface area contributed by atoms with Crippen LogP contribution in [-0.2, 0) is 0 Å². The Morgan fingerprint density at radius 2 is 1.91 bits per heavy atom. The lowest BCUT2D eigenvalue weighted by molar-refractivity contribution is 0.101. The van der Waals surface area contributed by atoms with E-state index in [1.54, 1.807) is 30.3 Å². The van der Waals surface area contributed by atoms with Crippen molar-refractivity contribution in [3.8, 4) is 11.5 Å². The second-order valence-electron chi connectivity index (χ2n) is 4.99. The number of Topliss-reactive ketones (excluding diaryl/α,β-unsaturated/α-hetero) is 1. The van der Waals surface area contributed by atoms with Crippen LogP contribution in [0.3, 0.4) is 0 Å². The monoisotopic (exact) mass is 298 g/mol. The number of hydrogen-bond acceptors (Lipinski definition) is 3. The molecule has 1 aliphatic rings. The van der Waals surface area contributed by atoms with Gasteiger partial charge in [0.05, 0.1) is 12.2 Å². The van der Waals surface area contributed by atoms with Crippen molar-refractivity contribution >= 4 is 11.9 Å².